The van der Waals surface area contributed by atoms with Crippen molar-refractivity contribution in [3.8, 4) is 0 Å². The molecule has 1 heterocycles. The van der Waals surface area contributed by atoms with Gasteiger partial charge in [0.25, 0.3) is 0 Å². The molecule has 13 heavy (non-hydrogen) atoms. The van der Waals surface area contributed by atoms with Crippen LogP contribution in [-0.2, 0) is 14.6 Å². The lowest BCUT2D eigenvalue weighted by atomic mass is 10.2. The summed E-state index contributed by atoms with van der Waals surface area (Å²) in [5.74, 6) is 0.735. The minimum Gasteiger partial charge on any atom is -0.384 e. The molecule has 0 saturated carbocycles. The highest BCUT2D eigenvalue weighted by Gasteiger charge is 2.29. The van der Waals surface area contributed by atoms with Crippen LogP contribution in [0.3, 0.4) is 0 Å². The lowest BCUT2D eigenvalue weighted by molar-refractivity contribution is -0.684. The van der Waals surface area contributed by atoms with Crippen molar-refractivity contribution in [2.24, 2.45) is 0 Å². The first-order chi connectivity index (χ1) is 6.14. The number of nitrogens with two attached hydrogens (primary N) is 1. The maximum absolute atomic E-state index is 11.1. The van der Waals surface area contributed by atoms with Crippen molar-refractivity contribution in [2.45, 2.75) is 18.9 Å². The SMILES string of the molecule is COCCC[NH2+][C@H]1CCS(=O)(=O)C1. The van der Waals surface area contributed by atoms with Crippen molar-refractivity contribution in [3.63, 3.8) is 0 Å². The summed E-state index contributed by atoms with van der Waals surface area (Å²) in [4.78, 5) is 0. The van der Waals surface area contributed by atoms with E-state index in [0.717, 1.165) is 26.0 Å². The fourth-order valence-electron chi connectivity index (χ4n) is 1.59. The Bertz CT molecular complexity index is 238. The molecule has 5 heteroatoms. The molecule has 0 radical (unpaired) electrons. The van der Waals surface area contributed by atoms with E-state index in [2.05, 4.69) is 5.32 Å². The molecular weight excluding hydrogens is 190 g/mol. The van der Waals surface area contributed by atoms with E-state index in [1.807, 2.05) is 0 Å². The summed E-state index contributed by atoms with van der Waals surface area (Å²) in [5.41, 5.74) is 0. The van der Waals surface area contributed by atoms with Gasteiger partial charge >= 0.3 is 0 Å². The van der Waals surface area contributed by atoms with E-state index >= 15 is 0 Å². The number of rotatable bonds is 5. The number of quaternary nitrogens is 1. The molecule has 0 bridgehead atoms. The Morgan fingerprint density at radius 1 is 1.54 bits per heavy atom. The van der Waals surface area contributed by atoms with Crippen LogP contribution in [0.25, 0.3) is 0 Å². The minimum atomic E-state index is -2.70. The van der Waals surface area contributed by atoms with Gasteiger partial charge in [0.05, 0.1) is 18.9 Å². The standard InChI is InChI=1S/C8H17NO3S/c1-12-5-2-4-9-8-3-6-13(10,11)7-8/h8-9H,2-7H2,1H3/p+1/t8-/m0/s1. The average Bonchev–Trinajstić information content (AvgIpc) is 2.40. The van der Waals surface area contributed by atoms with E-state index in [-0.39, 0.29) is 0 Å². The van der Waals surface area contributed by atoms with Crippen molar-refractivity contribution in [2.75, 3.05) is 31.8 Å². The number of methoxy groups -OCH3 is 1. The molecule has 0 unspecified atom stereocenters. The second kappa shape index (κ2) is 4.93. The number of ether oxygens (including phenoxy) is 1. The molecule has 78 valence electrons. The van der Waals surface area contributed by atoms with Crippen LogP contribution in [0.2, 0.25) is 0 Å². The van der Waals surface area contributed by atoms with Gasteiger partial charge in [0.15, 0.2) is 9.84 Å². The summed E-state index contributed by atoms with van der Waals surface area (Å²) in [6.07, 6.45) is 1.81. The summed E-state index contributed by atoms with van der Waals surface area (Å²) in [7, 11) is -1.02. The molecule has 1 fully saturated rings. The van der Waals surface area contributed by atoms with Gasteiger partial charge in [-0.2, -0.15) is 0 Å². The fraction of sp³-hybridized carbons (Fsp3) is 1.00. The molecule has 0 aromatic rings. The van der Waals surface area contributed by atoms with E-state index in [1.165, 1.54) is 0 Å². The largest absolute Gasteiger partial charge is 0.384 e. The van der Waals surface area contributed by atoms with Gasteiger partial charge in [0.1, 0.15) is 11.8 Å². The highest BCUT2D eigenvalue weighted by Crippen LogP contribution is 2.07. The van der Waals surface area contributed by atoms with E-state index in [9.17, 15) is 8.42 Å². The number of sulfone groups is 1. The first-order valence-electron chi connectivity index (χ1n) is 4.67. The van der Waals surface area contributed by atoms with E-state index in [4.69, 9.17) is 4.74 Å². The molecule has 1 aliphatic rings. The van der Waals surface area contributed by atoms with Gasteiger partial charge in [-0.05, 0) is 0 Å². The Morgan fingerprint density at radius 3 is 2.85 bits per heavy atom. The van der Waals surface area contributed by atoms with Crippen LogP contribution in [0.1, 0.15) is 12.8 Å². The fourth-order valence-corrected chi connectivity index (χ4v) is 3.37. The van der Waals surface area contributed by atoms with Crippen LogP contribution < -0.4 is 5.32 Å². The normalized spacial score (nSPS) is 26.4. The van der Waals surface area contributed by atoms with Gasteiger partial charge < -0.3 is 10.1 Å². The summed E-state index contributed by atoms with van der Waals surface area (Å²) in [6.45, 7) is 1.73. The van der Waals surface area contributed by atoms with Gasteiger partial charge in [0, 0.05) is 20.0 Å². The third-order valence-electron chi connectivity index (χ3n) is 2.32. The van der Waals surface area contributed by atoms with Crippen LogP contribution >= 0.6 is 0 Å². The average molecular weight is 208 g/mol. The molecule has 4 nitrogen and oxygen atoms in total. The molecule has 1 aliphatic heterocycles. The van der Waals surface area contributed by atoms with Crippen LogP contribution in [0.15, 0.2) is 0 Å². The van der Waals surface area contributed by atoms with Gasteiger partial charge in [-0.1, -0.05) is 0 Å². The first-order valence-corrected chi connectivity index (χ1v) is 6.49. The van der Waals surface area contributed by atoms with Crippen molar-refractivity contribution in [3.05, 3.63) is 0 Å². The Balaban J connectivity index is 2.11. The Hall–Kier alpha value is -0.130. The second-order valence-electron chi connectivity index (χ2n) is 3.53. The summed E-state index contributed by atoms with van der Waals surface area (Å²) < 4.78 is 27.1. The topological polar surface area (TPSA) is 60.0 Å². The monoisotopic (exact) mass is 208 g/mol. The second-order valence-corrected chi connectivity index (χ2v) is 5.76. The Morgan fingerprint density at radius 2 is 2.31 bits per heavy atom. The van der Waals surface area contributed by atoms with Crippen LogP contribution in [0.4, 0.5) is 0 Å². The summed E-state index contributed by atoms with van der Waals surface area (Å²) >= 11 is 0. The molecule has 1 atom stereocenters. The van der Waals surface area contributed by atoms with Gasteiger partial charge in [0.2, 0.25) is 0 Å². The van der Waals surface area contributed by atoms with Crippen LogP contribution in [-0.4, -0.2) is 46.2 Å². The molecule has 2 N–H and O–H groups in total. The van der Waals surface area contributed by atoms with Crippen molar-refractivity contribution < 1.29 is 18.5 Å². The Kier molecular flexibility index (Phi) is 4.15. The molecule has 0 aromatic heterocycles. The molecular formula is C8H18NO3S+. The maximum atomic E-state index is 11.1. The van der Waals surface area contributed by atoms with Gasteiger partial charge in [-0.25, -0.2) is 8.42 Å². The highest BCUT2D eigenvalue weighted by molar-refractivity contribution is 7.91. The molecule has 0 aromatic carbocycles. The van der Waals surface area contributed by atoms with E-state index < -0.39 is 9.84 Å². The quantitative estimate of drug-likeness (QED) is 0.576. The van der Waals surface area contributed by atoms with Crippen molar-refractivity contribution in [1.82, 2.24) is 0 Å². The zero-order valence-electron chi connectivity index (χ0n) is 8.03. The summed E-state index contributed by atoms with van der Waals surface area (Å²) in [6, 6.07) is 0.293. The predicted octanol–water partition coefficient (Wildman–Crippen LogP) is -1.23. The van der Waals surface area contributed by atoms with Gasteiger partial charge in [-0.15, -0.1) is 0 Å². The zero-order valence-corrected chi connectivity index (χ0v) is 8.85. The molecule has 1 rings (SSSR count). The number of hydrogen-bond donors (Lipinski definition) is 1. The van der Waals surface area contributed by atoms with Crippen molar-refractivity contribution in [1.29, 1.82) is 0 Å². The lowest BCUT2D eigenvalue weighted by Crippen LogP contribution is -2.90. The first kappa shape index (κ1) is 10.9. The molecule has 0 amide bonds. The van der Waals surface area contributed by atoms with Crippen LogP contribution in [0.5, 0.6) is 0 Å². The third-order valence-corrected chi connectivity index (χ3v) is 4.11. The molecule has 0 aliphatic carbocycles. The number of hydrogen-bond acceptors (Lipinski definition) is 3. The zero-order chi connectivity index (χ0) is 9.73. The smallest absolute Gasteiger partial charge is 0.156 e. The minimum absolute atomic E-state index is 0.293. The molecule has 0 spiro atoms. The summed E-state index contributed by atoms with van der Waals surface area (Å²) in [5, 5.41) is 2.13. The maximum Gasteiger partial charge on any atom is 0.156 e. The van der Waals surface area contributed by atoms with E-state index in [0.29, 0.717) is 17.5 Å². The molecule has 1 saturated heterocycles. The van der Waals surface area contributed by atoms with Crippen LogP contribution in [0, 0.1) is 0 Å². The lowest BCUT2D eigenvalue weighted by Gasteiger charge is -2.06. The predicted molar refractivity (Wildman–Crippen MR) is 50.3 cm³/mol. The Labute approximate surface area is 79.6 Å². The van der Waals surface area contributed by atoms with Gasteiger partial charge in [-0.3, -0.25) is 0 Å². The third kappa shape index (κ3) is 4.06. The highest BCUT2D eigenvalue weighted by atomic mass is 32.2. The van der Waals surface area contributed by atoms with E-state index in [1.54, 1.807) is 7.11 Å². The van der Waals surface area contributed by atoms with Crippen molar-refractivity contribution >= 4 is 9.84 Å².